The predicted molar refractivity (Wildman–Crippen MR) is 145 cm³/mol. The molecule has 192 valence electrons. The van der Waals surface area contributed by atoms with E-state index in [1.165, 1.54) is 63.4 Å². The highest BCUT2D eigenvalue weighted by atomic mass is 16.5. The third-order valence-electron chi connectivity index (χ3n) is 7.82. The lowest BCUT2D eigenvalue weighted by Gasteiger charge is -2.28. The van der Waals surface area contributed by atoms with Crippen LogP contribution < -0.4 is 9.47 Å². The number of esters is 1. The van der Waals surface area contributed by atoms with Gasteiger partial charge in [-0.1, -0.05) is 90.7 Å². The Morgan fingerprint density at radius 3 is 2.11 bits per heavy atom. The number of aryl methyl sites for hydroxylation is 1. The Kier molecular flexibility index (Phi) is 11.7. The number of ether oxygens (including phenoxy) is 2. The third kappa shape index (κ3) is 9.70. The average molecular weight is 479 g/mol. The van der Waals surface area contributed by atoms with Crippen molar-refractivity contribution in [2.24, 2.45) is 17.8 Å². The van der Waals surface area contributed by atoms with Crippen LogP contribution >= 0.6 is 0 Å². The van der Waals surface area contributed by atoms with Gasteiger partial charge in [0.25, 0.3) is 0 Å². The zero-order valence-corrected chi connectivity index (χ0v) is 22.3. The molecule has 2 aromatic carbocycles. The van der Waals surface area contributed by atoms with Crippen LogP contribution in [0.4, 0.5) is 0 Å². The molecule has 0 radical (unpaired) electrons. The van der Waals surface area contributed by atoms with E-state index in [-0.39, 0.29) is 5.97 Å². The number of carbonyl (C=O) groups is 1. The normalized spacial score (nSPS) is 18.7. The fraction of sp³-hybridized carbons (Fsp3) is 0.594. The summed E-state index contributed by atoms with van der Waals surface area (Å²) in [6.07, 6.45) is 15.8. The molecule has 0 spiro atoms. The molecular formula is C32H46O3. The molecule has 0 bridgehead atoms. The van der Waals surface area contributed by atoms with Gasteiger partial charge in [0.15, 0.2) is 0 Å². The van der Waals surface area contributed by atoms with E-state index in [1.54, 1.807) is 12.1 Å². The van der Waals surface area contributed by atoms with Gasteiger partial charge in [-0.25, -0.2) is 4.79 Å². The first-order valence-corrected chi connectivity index (χ1v) is 14.1. The second kappa shape index (κ2) is 15.0. The van der Waals surface area contributed by atoms with E-state index in [0.717, 1.165) is 36.8 Å². The highest BCUT2D eigenvalue weighted by Crippen LogP contribution is 2.34. The first-order valence-electron chi connectivity index (χ1n) is 14.1. The minimum atomic E-state index is -0.334. The topological polar surface area (TPSA) is 35.5 Å². The molecule has 0 N–H and O–H groups in total. The molecule has 1 fully saturated rings. The zero-order chi connectivity index (χ0) is 24.9. The summed E-state index contributed by atoms with van der Waals surface area (Å²) in [5.74, 6) is 3.57. The minimum absolute atomic E-state index is 0.334. The Hall–Kier alpha value is -2.29. The van der Waals surface area contributed by atoms with E-state index < -0.39 is 0 Å². The van der Waals surface area contributed by atoms with Crippen molar-refractivity contribution in [3.63, 3.8) is 0 Å². The molecule has 3 heteroatoms. The second-order valence-corrected chi connectivity index (χ2v) is 10.6. The molecule has 0 unspecified atom stereocenters. The lowest BCUT2D eigenvalue weighted by molar-refractivity contribution is 0.0734. The molecule has 0 amide bonds. The Bertz CT molecular complexity index is 847. The fourth-order valence-corrected chi connectivity index (χ4v) is 5.02. The predicted octanol–water partition coefficient (Wildman–Crippen LogP) is 9.04. The monoisotopic (exact) mass is 478 g/mol. The molecule has 1 atom stereocenters. The third-order valence-corrected chi connectivity index (χ3v) is 7.82. The quantitative estimate of drug-likeness (QED) is 0.154. The van der Waals surface area contributed by atoms with Gasteiger partial charge in [-0.2, -0.15) is 0 Å². The Morgan fingerprint density at radius 2 is 1.49 bits per heavy atom. The van der Waals surface area contributed by atoms with Gasteiger partial charge in [0, 0.05) is 0 Å². The Morgan fingerprint density at radius 1 is 0.857 bits per heavy atom. The van der Waals surface area contributed by atoms with Gasteiger partial charge >= 0.3 is 5.97 Å². The van der Waals surface area contributed by atoms with Gasteiger partial charge < -0.3 is 9.47 Å². The van der Waals surface area contributed by atoms with Gasteiger partial charge in [-0.15, -0.1) is 0 Å². The summed E-state index contributed by atoms with van der Waals surface area (Å²) >= 11 is 0. The molecule has 0 saturated heterocycles. The molecule has 2 aromatic rings. The molecular weight excluding hydrogens is 432 g/mol. The van der Waals surface area contributed by atoms with Crippen LogP contribution in [0, 0.1) is 17.8 Å². The number of rotatable bonds is 14. The van der Waals surface area contributed by atoms with Crippen molar-refractivity contribution in [3.05, 3.63) is 59.7 Å². The first-order chi connectivity index (χ1) is 17.1. The van der Waals surface area contributed by atoms with Crippen LogP contribution in [-0.2, 0) is 6.42 Å². The van der Waals surface area contributed by atoms with Crippen LogP contribution in [0.15, 0.2) is 48.5 Å². The van der Waals surface area contributed by atoms with Crippen LogP contribution in [0.5, 0.6) is 11.5 Å². The molecule has 0 aromatic heterocycles. The van der Waals surface area contributed by atoms with Crippen molar-refractivity contribution in [2.45, 2.75) is 97.8 Å². The number of hydrogen-bond acceptors (Lipinski definition) is 3. The lowest BCUT2D eigenvalue weighted by atomic mass is 9.78. The summed E-state index contributed by atoms with van der Waals surface area (Å²) in [6, 6.07) is 15.3. The molecule has 1 aliphatic rings. The first kappa shape index (κ1) is 27.3. The lowest BCUT2D eigenvalue weighted by Crippen LogP contribution is -2.15. The largest absolute Gasteiger partial charge is 0.494 e. The standard InChI is InChI=1S/C32H46O3/c1-4-6-7-8-26-9-11-27(12-10-26)13-14-28-15-19-31(20-16-28)35-32(33)29-17-21-30(22-18-29)34-24-23-25(3)5-2/h15-22,25-27H,4-14,23-24H2,1-3H3/t25-,26?,27?/m0/s1. The number of unbranched alkanes of at least 4 members (excludes halogenated alkanes) is 2. The van der Waals surface area contributed by atoms with Crippen molar-refractivity contribution in [1.29, 1.82) is 0 Å². The maximum Gasteiger partial charge on any atom is 0.343 e. The van der Waals surface area contributed by atoms with Crippen LogP contribution in [0.25, 0.3) is 0 Å². The number of carbonyl (C=O) groups excluding carboxylic acids is 1. The molecule has 3 rings (SSSR count). The maximum atomic E-state index is 12.5. The number of benzene rings is 2. The Labute approximate surface area is 213 Å². The van der Waals surface area contributed by atoms with Gasteiger partial charge in [-0.05, 0) is 79.0 Å². The van der Waals surface area contributed by atoms with Gasteiger partial charge in [0.1, 0.15) is 11.5 Å². The van der Waals surface area contributed by atoms with E-state index in [2.05, 4.69) is 32.9 Å². The Balaban J connectivity index is 1.37. The summed E-state index contributed by atoms with van der Waals surface area (Å²) in [6.45, 7) is 7.42. The SMILES string of the molecule is CCCCCC1CCC(CCc2ccc(OC(=O)c3ccc(OCC[C@@H](C)CC)cc3)cc2)CC1. The van der Waals surface area contributed by atoms with Crippen LogP contribution in [-0.4, -0.2) is 12.6 Å². The van der Waals surface area contributed by atoms with Gasteiger partial charge in [-0.3, -0.25) is 0 Å². The van der Waals surface area contributed by atoms with E-state index >= 15 is 0 Å². The van der Waals surface area contributed by atoms with E-state index in [9.17, 15) is 4.79 Å². The van der Waals surface area contributed by atoms with Crippen molar-refractivity contribution >= 4 is 5.97 Å². The molecule has 1 aliphatic carbocycles. The summed E-state index contributed by atoms with van der Waals surface area (Å²) in [5.41, 5.74) is 1.86. The van der Waals surface area contributed by atoms with Gasteiger partial charge in [0.05, 0.1) is 12.2 Å². The second-order valence-electron chi connectivity index (χ2n) is 10.6. The minimum Gasteiger partial charge on any atom is -0.494 e. The van der Waals surface area contributed by atoms with Crippen molar-refractivity contribution in [1.82, 2.24) is 0 Å². The molecule has 0 aliphatic heterocycles. The highest BCUT2D eigenvalue weighted by Gasteiger charge is 2.20. The van der Waals surface area contributed by atoms with Crippen LogP contribution in [0.2, 0.25) is 0 Å². The van der Waals surface area contributed by atoms with E-state index in [4.69, 9.17) is 9.47 Å². The smallest absolute Gasteiger partial charge is 0.343 e. The van der Waals surface area contributed by atoms with Crippen molar-refractivity contribution < 1.29 is 14.3 Å². The van der Waals surface area contributed by atoms with E-state index in [0.29, 0.717) is 23.8 Å². The fourth-order valence-electron chi connectivity index (χ4n) is 5.02. The highest BCUT2D eigenvalue weighted by molar-refractivity contribution is 5.91. The van der Waals surface area contributed by atoms with Crippen molar-refractivity contribution in [2.75, 3.05) is 6.61 Å². The summed E-state index contributed by atoms with van der Waals surface area (Å²) in [5, 5.41) is 0. The average Bonchev–Trinajstić information content (AvgIpc) is 2.89. The molecule has 35 heavy (non-hydrogen) atoms. The molecule has 0 heterocycles. The maximum absolute atomic E-state index is 12.5. The molecule has 3 nitrogen and oxygen atoms in total. The van der Waals surface area contributed by atoms with Crippen LogP contribution in [0.3, 0.4) is 0 Å². The van der Waals surface area contributed by atoms with Crippen LogP contribution in [0.1, 0.15) is 107 Å². The van der Waals surface area contributed by atoms with Crippen molar-refractivity contribution in [3.8, 4) is 11.5 Å². The summed E-state index contributed by atoms with van der Waals surface area (Å²) in [7, 11) is 0. The summed E-state index contributed by atoms with van der Waals surface area (Å²) < 4.78 is 11.4. The van der Waals surface area contributed by atoms with E-state index in [1.807, 2.05) is 24.3 Å². The summed E-state index contributed by atoms with van der Waals surface area (Å²) in [4.78, 5) is 12.5. The zero-order valence-electron chi connectivity index (χ0n) is 22.3. The number of hydrogen-bond donors (Lipinski definition) is 0. The molecule has 1 saturated carbocycles. The van der Waals surface area contributed by atoms with Gasteiger partial charge in [0.2, 0.25) is 0 Å².